The van der Waals surface area contributed by atoms with Crippen LogP contribution in [0.1, 0.15) is 66.7 Å². The molecule has 0 aliphatic heterocycles. The Kier molecular flexibility index (Phi) is 7.44. The van der Waals surface area contributed by atoms with Gasteiger partial charge in [-0.1, -0.05) is 46.5 Å². The van der Waals surface area contributed by atoms with Crippen LogP contribution in [0.5, 0.6) is 0 Å². The Labute approximate surface area is 101 Å². The maximum atomic E-state index is 12.2. The molecule has 0 radical (unpaired) electrons. The monoisotopic (exact) mass is 227 g/mol. The zero-order valence-corrected chi connectivity index (χ0v) is 11.8. The highest BCUT2D eigenvalue weighted by atomic mass is 16.2. The molecule has 0 atom stereocenters. The van der Waals surface area contributed by atoms with E-state index in [0.29, 0.717) is 5.91 Å². The third-order valence-electron chi connectivity index (χ3n) is 3.28. The van der Waals surface area contributed by atoms with Gasteiger partial charge in [0.25, 0.3) is 0 Å². The van der Waals surface area contributed by atoms with Crippen LogP contribution in [0.4, 0.5) is 0 Å². The second-order valence-corrected chi connectivity index (χ2v) is 5.17. The average Bonchev–Trinajstić information content (AvgIpc) is 2.26. The molecule has 0 rings (SSSR count). The number of hydrogen-bond donors (Lipinski definition) is 0. The summed E-state index contributed by atoms with van der Waals surface area (Å²) in [4.78, 5) is 14.2. The maximum Gasteiger partial charge on any atom is 0.228 e. The van der Waals surface area contributed by atoms with E-state index in [-0.39, 0.29) is 5.41 Å². The Morgan fingerprint density at radius 3 is 2.00 bits per heavy atom. The lowest BCUT2D eigenvalue weighted by Crippen LogP contribution is -2.40. The van der Waals surface area contributed by atoms with Gasteiger partial charge in [0, 0.05) is 18.5 Å². The predicted octanol–water partition coefficient (Wildman–Crippen LogP) is 3.85. The van der Waals surface area contributed by atoms with Gasteiger partial charge in [-0.15, -0.1) is 0 Å². The number of amides is 1. The molecule has 0 heterocycles. The molecule has 2 heteroatoms. The van der Waals surface area contributed by atoms with Crippen LogP contribution in [0.25, 0.3) is 0 Å². The lowest BCUT2D eigenvalue weighted by atomic mass is 9.85. The van der Waals surface area contributed by atoms with E-state index in [1.54, 1.807) is 0 Å². The molecule has 0 aromatic rings. The first-order chi connectivity index (χ1) is 7.49. The normalized spacial score (nSPS) is 11.6. The molecule has 0 aliphatic carbocycles. The molecule has 0 spiro atoms. The van der Waals surface area contributed by atoms with Crippen molar-refractivity contribution in [1.82, 2.24) is 4.90 Å². The molecule has 0 unspecified atom stereocenters. The summed E-state index contributed by atoms with van der Waals surface area (Å²) in [5, 5.41) is 0. The summed E-state index contributed by atoms with van der Waals surface area (Å²) in [5.41, 5.74) is -0.181. The molecule has 0 saturated carbocycles. The van der Waals surface area contributed by atoms with Crippen molar-refractivity contribution in [3.63, 3.8) is 0 Å². The second-order valence-electron chi connectivity index (χ2n) is 5.17. The fraction of sp³-hybridized carbons (Fsp3) is 0.929. The van der Waals surface area contributed by atoms with Gasteiger partial charge < -0.3 is 4.90 Å². The van der Waals surface area contributed by atoms with Crippen LogP contribution in [-0.4, -0.2) is 23.9 Å². The van der Waals surface area contributed by atoms with Gasteiger partial charge in [0.15, 0.2) is 0 Å². The Hall–Kier alpha value is -0.530. The number of unbranched alkanes of at least 4 members (excludes halogenated alkanes) is 3. The van der Waals surface area contributed by atoms with Crippen molar-refractivity contribution in [2.24, 2.45) is 5.41 Å². The van der Waals surface area contributed by atoms with E-state index in [1.807, 2.05) is 4.90 Å². The van der Waals surface area contributed by atoms with Gasteiger partial charge in [0.1, 0.15) is 0 Å². The quantitative estimate of drug-likeness (QED) is 0.577. The first kappa shape index (κ1) is 15.5. The summed E-state index contributed by atoms with van der Waals surface area (Å²) in [5.74, 6) is 0.314. The van der Waals surface area contributed by atoms with E-state index in [9.17, 15) is 4.79 Å². The highest BCUT2D eigenvalue weighted by molar-refractivity contribution is 5.81. The third-order valence-corrected chi connectivity index (χ3v) is 3.28. The molecular weight excluding hydrogens is 198 g/mol. The summed E-state index contributed by atoms with van der Waals surface area (Å²) < 4.78 is 0. The Bertz CT molecular complexity index is 195. The van der Waals surface area contributed by atoms with Crippen molar-refractivity contribution in [2.45, 2.75) is 66.7 Å². The van der Waals surface area contributed by atoms with Gasteiger partial charge in [0.2, 0.25) is 5.91 Å². The zero-order valence-electron chi connectivity index (χ0n) is 11.8. The second kappa shape index (κ2) is 7.70. The standard InChI is InChI=1S/C14H29NO/c1-6-9-10-11-12-14(4,5)13(16)15(7-2)8-3/h6-12H2,1-5H3. The van der Waals surface area contributed by atoms with Crippen LogP contribution in [0.2, 0.25) is 0 Å². The van der Waals surface area contributed by atoms with E-state index in [4.69, 9.17) is 0 Å². The van der Waals surface area contributed by atoms with Gasteiger partial charge in [-0.2, -0.15) is 0 Å². The van der Waals surface area contributed by atoms with Crippen molar-refractivity contribution in [1.29, 1.82) is 0 Å². The van der Waals surface area contributed by atoms with Crippen molar-refractivity contribution >= 4 is 5.91 Å². The Morgan fingerprint density at radius 2 is 1.56 bits per heavy atom. The Balaban J connectivity index is 4.13. The van der Waals surface area contributed by atoms with Gasteiger partial charge in [-0.25, -0.2) is 0 Å². The molecule has 16 heavy (non-hydrogen) atoms. The van der Waals surface area contributed by atoms with Crippen molar-refractivity contribution in [2.75, 3.05) is 13.1 Å². The zero-order chi connectivity index (χ0) is 12.6. The van der Waals surface area contributed by atoms with E-state index in [2.05, 4.69) is 34.6 Å². The van der Waals surface area contributed by atoms with Crippen LogP contribution in [0, 0.1) is 5.41 Å². The topological polar surface area (TPSA) is 20.3 Å². The smallest absolute Gasteiger partial charge is 0.228 e. The van der Waals surface area contributed by atoms with Crippen LogP contribution in [0.15, 0.2) is 0 Å². The van der Waals surface area contributed by atoms with Gasteiger partial charge >= 0.3 is 0 Å². The van der Waals surface area contributed by atoms with Crippen LogP contribution in [-0.2, 0) is 4.79 Å². The summed E-state index contributed by atoms with van der Waals surface area (Å²) in [6.45, 7) is 12.1. The van der Waals surface area contributed by atoms with E-state index >= 15 is 0 Å². The number of nitrogens with zero attached hydrogens (tertiary/aromatic N) is 1. The molecular formula is C14H29NO. The first-order valence-electron chi connectivity index (χ1n) is 6.79. The largest absolute Gasteiger partial charge is 0.343 e. The minimum atomic E-state index is -0.181. The number of carbonyl (C=O) groups is 1. The van der Waals surface area contributed by atoms with E-state index < -0.39 is 0 Å². The van der Waals surface area contributed by atoms with Crippen molar-refractivity contribution in [3.05, 3.63) is 0 Å². The molecule has 0 bridgehead atoms. The molecule has 0 fully saturated rings. The maximum absolute atomic E-state index is 12.2. The van der Waals surface area contributed by atoms with Gasteiger partial charge in [-0.05, 0) is 20.3 Å². The predicted molar refractivity (Wildman–Crippen MR) is 70.5 cm³/mol. The summed E-state index contributed by atoms with van der Waals surface area (Å²) >= 11 is 0. The van der Waals surface area contributed by atoms with Crippen molar-refractivity contribution < 1.29 is 4.79 Å². The fourth-order valence-electron chi connectivity index (χ4n) is 2.04. The number of carbonyl (C=O) groups excluding carboxylic acids is 1. The van der Waals surface area contributed by atoms with Crippen LogP contribution >= 0.6 is 0 Å². The van der Waals surface area contributed by atoms with Gasteiger partial charge in [0.05, 0.1) is 0 Å². The third kappa shape index (κ3) is 5.00. The summed E-state index contributed by atoms with van der Waals surface area (Å²) in [6.07, 6.45) is 5.99. The molecule has 0 aromatic heterocycles. The van der Waals surface area contributed by atoms with Gasteiger partial charge in [-0.3, -0.25) is 4.79 Å². The Morgan fingerprint density at radius 1 is 1.00 bits per heavy atom. The minimum absolute atomic E-state index is 0.181. The van der Waals surface area contributed by atoms with E-state index in [1.165, 1.54) is 25.7 Å². The number of rotatable bonds is 8. The number of hydrogen-bond acceptors (Lipinski definition) is 1. The molecule has 1 amide bonds. The SMILES string of the molecule is CCCCCCC(C)(C)C(=O)N(CC)CC. The molecule has 2 nitrogen and oxygen atoms in total. The molecule has 0 aliphatic rings. The van der Waals surface area contributed by atoms with Crippen LogP contribution in [0.3, 0.4) is 0 Å². The highest BCUT2D eigenvalue weighted by Crippen LogP contribution is 2.26. The molecule has 0 aromatic carbocycles. The lowest BCUT2D eigenvalue weighted by molar-refractivity contribution is -0.140. The lowest BCUT2D eigenvalue weighted by Gasteiger charge is -2.30. The summed E-state index contributed by atoms with van der Waals surface area (Å²) in [6, 6.07) is 0. The molecule has 0 saturated heterocycles. The van der Waals surface area contributed by atoms with E-state index in [0.717, 1.165) is 19.5 Å². The minimum Gasteiger partial charge on any atom is -0.343 e. The van der Waals surface area contributed by atoms with Crippen LogP contribution < -0.4 is 0 Å². The molecule has 0 N–H and O–H groups in total. The highest BCUT2D eigenvalue weighted by Gasteiger charge is 2.29. The van der Waals surface area contributed by atoms with Crippen molar-refractivity contribution in [3.8, 4) is 0 Å². The average molecular weight is 227 g/mol. The molecule has 96 valence electrons. The first-order valence-corrected chi connectivity index (χ1v) is 6.79. The fourth-order valence-corrected chi connectivity index (χ4v) is 2.04. The summed E-state index contributed by atoms with van der Waals surface area (Å²) in [7, 11) is 0.